The number of hydrogen-bond donors (Lipinski definition) is 1. The zero-order valence-corrected chi connectivity index (χ0v) is 12.5. The van der Waals surface area contributed by atoms with Gasteiger partial charge in [0.15, 0.2) is 0 Å². The minimum Gasteiger partial charge on any atom is -0.379 e. The van der Waals surface area contributed by atoms with E-state index in [0.29, 0.717) is 6.04 Å². The number of morpholine rings is 1. The Morgan fingerprint density at radius 2 is 2.53 bits per heavy atom. The standard InChI is InChI=1S/C12H19BrN2OS/c1-10-8-16-5-4-15(10)3-2-14-7-12-6-11(13)9-17-12/h6,9-10,14H,2-5,7-8H2,1H3. The van der Waals surface area contributed by atoms with E-state index in [1.165, 1.54) is 9.35 Å². The van der Waals surface area contributed by atoms with E-state index in [1.54, 1.807) is 11.3 Å². The second-order valence-electron chi connectivity index (χ2n) is 4.37. The van der Waals surface area contributed by atoms with E-state index in [2.05, 4.69) is 44.5 Å². The van der Waals surface area contributed by atoms with E-state index < -0.39 is 0 Å². The zero-order chi connectivity index (χ0) is 12.1. The predicted octanol–water partition coefficient (Wildman–Crippen LogP) is 2.32. The Morgan fingerprint density at radius 1 is 1.65 bits per heavy atom. The Morgan fingerprint density at radius 3 is 3.24 bits per heavy atom. The molecule has 1 aromatic heterocycles. The van der Waals surface area contributed by atoms with E-state index in [4.69, 9.17) is 4.74 Å². The van der Waals surface area contributed by atoms with Gasteiger partial charge < -0.3 is 10.1 Å². The maximum atomic E-state index is 5.42. The zero-order valence-electron chi connectivity index (χ0n) is 10.1. The van der Waals surface area contributed by atoms with Crippen LogP contribution >= 0.6 is 27.3 Å². The molecule has 1 atom stereocenters. The van der Waals surface area contributed by atoms with Crippen LogP contribution in [-0.2, 0) is 11.3 Å². The summed E-state index contributed by atoms with van der Waals surface area (Å²) in [6, 6.07) is 2.73. The molecule has 0 saturated carbocycles. The molecule has 0 amide bonds. The topological polar surface area (TPSA) is 24.5 Å². The lowest BCUT2D eigenvalue weighted by Crippen LogP contribution is -2.46. The second-order valence-corrected chi connectivity index (χ2v) is 6.28. The smallest absolute Gasteiger partial charge is 0.0619 e. The molecule has 0 aromatic carbocycles. The quantitative estimate of drug-likeness (QED) is 0.843. The van der Waals surface area contributed by atoms with Gasteiger partial charge in [0.1, 0.15) is 0 Å². The van der Waals surface area contributed by atoms with Crippen molar-refractivity contribution in [3.05, 3.63) is 20.8 Å². The molecule has 5 heteroatoms. The van der Waals surface area contributed by atoms with Crippen LogP contribution in [0.4, 0.5) is 0 Å². The highest BCUT2D eigenvalue weighted by Gasteiger charge is 2.17. The highest BCUT2D eigenvalue weighted by molar-refractivity contribution is 9.10. The molecule has 1 unspecified atom stereocenters. The van der Waals surface area contributed by atoms with Crippen LogP contribution in [0.3, 0.4) is 0 Å². The van der Waals surface area contributed by atoms with Crippen molar-refractivity contribution in [2.45, 2.75) is 19.5 Å². The van der Waals surface area contributed by atoms with E-state index in [-0.39, 0.29) is 0 Å². The van der Waals surface area contributed by atoms with Crippen LogP contribution in [0.25, 0.3) is 0 Å². The average molecular weight is 319 g/mol. The highest BCUT2D eigenvalue weighted by Crippen LogP contribution is 2.19. The monoisotopic (exact) mass is 318 g/mol. The van der Waals surface area contributed by atoms with Crippen molar-refractivity contribution in [1.82, 2.24) is 10.2 Å². The van der Waals surface area contributed by atoms with Gasteiger partial charge in [0, 0.05) is 47.0 Å². The molecule has 0 radical (unpaired) electrons. The summed E-state index contributed by atoms with van der Waals surface area (Å²) in [6.45, 7) is 8.16. The number of nitrogens with one attached hydrogen (secondary N) is 1. The highest BCUT2D eigenvalue weighted by atomic mass is 79.9. The van der Waals surface area contributed by atoms with E-state index >= 15 is 0 Å². The first-order valence-electron chi connectivity index (χ1n) is 6.01. The predicted molar refractivity (Wildman–Crippen MR) is 75.6 cm³/mol. The lowest BCUT2D eigenvalue weighted by Gasteiger charge is -2.33. The lowest BCUT2D eigenvalue weighted by molar-refractivity contribution is 0.000411. The molecule has 1 N–H and O–H groups in total. The van der Waals surface area contributed by atoms with Gasteiger partial charge in [-0.05, 0) is 28.9 Å². The molecule has 0 aliphatic carbocycles. The Bertz CT molecular complexity index is 345. The van der Waals surface area contributed by atoms with Gasteiger partial charge in [0.2, 0.25) is 0 Å². The van der Waals surface area contributed by atoms with Gasteiger partial charge in [0.25, 0.3) is 0 Å². The summed E-state index contributed by atoms with van der Waals surface area (Å²) < 4.78 is 6.61. The summed E-state index contributed by atoms with van der Waals surface area (Å²) >= 11 is 5.27. The van der Waals surface area contributed by atoms with E-state index in [1.807, 2.05) is 0 Å². The number of hydrogen-bond acceptors (Lipinski definition) is 4. The van der Waals surface area contributed by atoms with Crippen molar-refractivity contribution in [2.24, 2.45) is 0 Å². The molecule has 0 spiro atoms. The molecule has 0 bridgehead atoms. The van der Waals surface area contributed by atoms with Crippen LogP contribution in [0.15, 0.2) is 15.9 Å². The van der Waals surface area contributed by atoms with Gasteiger partial charge in [-0.15, -0.1) is 11.3 Å². The first kappa shape index (κ1) is 13.5. The SMILES string of the molecule is CC1COCCN1CCNCc1cc(Br)cs1. The number of nitrogens with zero attached hydrogens (tertiary/aromatic N) is 1. The lowest BCUT2D eigenvalue weighted by atomic mass is 10.2. The molecule has 2 rings (SSSR count). The fraction of sp³-hybridized carbons (Fsp3) is 0.667. The van der Waals surface area contributed by atoms with Crippen molar-refractivity contribution in [3.8, 4) is 0 Å². The Labute approximate surface area is 115 Å². The molecule has 3 nitrogen and oxygen atoms in total. The third kappa shape index (κ3) is 4.34. The molecule has 1 aliphatic heterocycles. The molecule has 17 heavy (non-hydrogen) atoms. The molecular formula is C12H19BrN2OS. The minimum atomic E-state index is 0.557. The number of ether oxygens (including phenoxy) is 1. The number of rotatable bonds is 5. The molecule has 2 heterocycles. The fourth-order valence-corrected chi connectivity index (χ4v) is 3.40. The van der Waals surface area contributed by atoms with Crippen LogP contribution in [0.5, 0.6) is 0 Å². The van der Waals surface area contributed by atoms with Crippen molar-refractivity contribution >= 4 is 27.3 Å². The molecule has 1 fully saturated rings. The van der Waals surface area contributed by atoms with Crippen molar-refractivity contribution in [1.29, 1.82) is 0 Å². The van der Waals surface area contributed by atoms with Crippen LogP contribution in [0.2, 0.25) is 0 Å². The first-order valence-corrected chi connectivity index (χ1v) is 7.68. The van der Waals surface area contributed by atoms with Gasteiger partial charge in [-0.2, -0.15) is 0 Å². The minimum absolute atomic E-state index is 0.557. The van der Waals surface area contributed by atoms with Crippen LogP contribution in [-0.4, -0.2) is 43.8 Å². The maximum absolute atomic E-state index is 5.42. The molecular weight excluding hydrogens is 300 g/mol. The van der Waals surface area contributed by atoms with Gasteiger partial charge in [-0.25, -0.2) is 0 Å². The van der Waals surface area contributed by atoms with E-state index in [0.717, 1.165) is 39.4 Å². The summed E-state index contributed by atoms with van der Waals surface area (Å²) in [5, 5.41) is 5.62. The Hall–Kier alpha value is 0.0600. The molecule has 1 aliphatic rings. The van der Waals surface area contributed by atoms with Crippen LogP contribution in [0.1, 0.15) is 11.8 Å². The third-order valence-corrected chi connectivity index (χ3v) is 4.70. The number of halogens is 1. The third-order valence-electron chi connectivity index (χ3n) is 3.00. The van der Waals surface area contributed by atoms with Crippen molar-refractivity contribution in [2.75, 3.05) is 32.8 Å². The number of thiophene rings is 1. The maximum Gasteiger partial charge on any atom is 0.0619 e. The van der Waals surface area contributed by atoms with Crippen LogP contribution < -0.4 is 5.32 Å². The van der Waals surface area contributed by atoms with Crippen molar-refractivity contribution in [3.63, 3.8) is 0 Å². The summed E-state index contributed by atoms with van der Waals surface area (Å²) in [4.78, 5) is 3.87. The normalized spacial score (nSPS) is 21.9. The Kier molecular flexibility index (Phi) is 5.44. The van der Waals surface area contributed by atoms with E-state index in [9.17, 15) is 0 Å². The first-order chi connectivity index (χ1) is 8.25. The summed E-state index contributed by atoms with van der Waals surface area (Å²) in [7, 11) is 0. The molecule has 1 saturated heterocycles. The van der Waals surface area contributed by atoms with Crippen LogP contribution in [0, 0.1) is 0 Å². The molecule has 1 aromatic rings. The Balaban J connectivity index is 1.62. The van der Waals surface area contributed by atoms with Gasteiger partial charge in [0.05, 0.1) is 13.2 Å². The summed E-state index contributed by atoms with van der Waals surface area (Å²) in [6.07, 6.45) is 0. The second kappa shape index (κ2) is 6.85. The average Bonchev–Trinajstić information content (AvgIpc) is 2.73. The fourth-order valence-electron chi connectivity index (χ4n) is 1.97. The summed E-state index contributed by atoms with van der Waals surface area (Å²) in [5.41, 5.74) is 0. The van der Waals surface area contributed by atoms with Gasteiger partial charge in [-0.3, -0.25) is 4.90 Å². The summed E-state index contributed by atoms with van der Waals surface area (Å²) in [5.74, 6) is 0. The van der Waals surface area contributed by atoms with Gasteiger partial charge in [-0.1, -0.05) is 0 Å². The van der Waals surface area contributed by atoms with Crippen molar-refractivity contribution < 1.29 is 4.74 Å². The molecule has 96 valence electrons. The van der Waals surface area contributed by atoms with Gasteiger partial charge >= 0.3 is 0 Å². The largest absolute Gasteiger partial charge is 0.379 e.